The summed E-state index contributed by atoms with van der Waals surface area (Å²) in [5.41, 5.74) is 1.05. The highest BCUT2D eigenvalue weighted by Gasteiger charge is 2.33. The van der Waals surface area contributed by atoms with Gasteiger partial charge in [-0.3, -0.25) is 13.9 Å². The molecule has 4 rings (SSSR count). The van der Waals surface area contributed by atoms with Crippen LogP contribution in [0.2, 0.25) is 0 Å². The Morgan fingerprint density at radius 1 is 0.881 bits per heavy atom. The van der Waals surface area contributed by atoms with E-state index in [1.807, 2.05) is 30.3 Å². The number of rotatable bonds is 12. The Labute approximate surface area is 248 Å². The molecule has 224 valence electrons. The molecule has 1 fully saturated rings. The SMILES string of the molecule is COc1ccc(N(CC(=O)N(Cc2ccccc2)C(C)C(=O)NC2CCCCC2)S(=O)(=O)c2ccccc2)cc1OC. The molecule has 42 heavy (non-hydrogen) atoms. The number of anilines is 1. The molecule has 1 aliphatic carbocycles. The molecule has 3 aromatic rings. The highest BCUT2D eigenvalue weighted by Crippen LogP contribution is 2.34. The van der Waals surface area contributed by atoms with Crippen molar-refractivity contribution in [2.75, 3.05) is 25.1 Å². The standard InChI is InChI=1S/C32H39N3O6S/c1-24(32(37)33-26-15-9-5-10-16-26)34(22-25-13-7-4-8-14-25)31(36)23-35(42(38,39)28-17-11-6-12-18-28)27-19-20-29(40-2)30(21-27)41-3/h4,6-8,11-14,17-21,24,26H,5,9-10,15-16,22-23H2,1-3H3,(H,33,37). The second-order valence-electron chi connectivity index (χ2n) is 10.4. The summed E-state index contributed by atoms with van der Waals surface area (Å²) in [7, 11) is -1.24. The number of hydrogen-bond donors (Lipinski definition) is 1. The van der Waals surface area contributed by atoms with E-state index in [0.29, 0.717) is 11.5 Å². The Morgan fingerprint density at radius 3 is 2.12 bits per heavy atom. The predicted octanol–water partition coefficient (Wildman–Crippen LogP) is 4.77. The van der Waals surface area contributed by atoms with Crippen molar-refractivity contribution in [3.05, 3.63) is 84.4 Å². The molecule has 0 radical (unpaired) electrons. The fourth-order valence-electron chi connectivity index (χ4n) is 5.16. The maximum Gasteiger partial charge on any atom is 0.264 e. The highest BCUT2D eigenvalue weighted by molar-refractivity contribution is 7.92. The lowest BCUT2D eigenvalue weighted by atomic mass is 9.95. The molecule has 0 bridgehead atoms. The van der Waals surface area contributed by atoms with Crippen molar-refractivity contribution in [2.24, 2.45) is 0 Å². The van der Waals surface area contributed by atoms with Crippen LogP contribution < -0.4 is 19.1 Å². The van der Waals surface area contributed by atoms with Crippen LogP contribution in [0.25, 0.3) is 0 Å². The molecule has 0 saturated heterocycles. The van der Waals surface area contributed by atoms with Crippen molar-refractivity contribution >= 4 is 27.5 Å². The minimum Gasteiger partial charge on any atom is -0.493 e. The monoisotopic (exact) mass is 593 g/mol. The summed E-state index contributed by atoms with van der Waals surface area (Å²) in [6.45, 7) is 1.30. The van der Waals surface area contributed by atoms with Gasteiger partial charge in [-0.1, -0.05) is 67.8 Å². The summed E-state index contributed by atoms with van der Waals surface area (Å²) in [4.78, 5) is 29.0. The molecular weight excluding hydrogens is 554 g/mol. The summed E-state index contributed by atoms with van der Waals surface area (Å²) >= 11 is 0. The van der Waals surface area contributed by atoms with E-state index in [0.717, 1.165) is 42.0 Å². The first-order valence-electron chi connectivity index (χ1n) is 14.2. The number of sulfonamides is 1. The summed E-state index contributed by atoms with van der Waals surface area (Å²) in [5.74, 6) is -0.0328. The molecule has 0 heterocycles. The zero-order valence-corrected chi connectivity index (χ0v) is 25.2. The maximum atomic E-state index is 14.1. The second kappa shape index (κ2) is 14.2. The van der Waals surface area contributed by atoms with Crippen molar-refractivity contribution in [3.63, 3.8) is 0 Å². The molecule has 2 amide bonds. The average molecular weight is 594 g/mol. The quantitative estimate of drug-likeness (QED) is 0.325. The minimum absolute atomic E-state index is 0.0327. The minimum atomic E-state index is -4.18. The van der Waals surface area contributed by atoms with Crippen LogP contribution in [0, 0.1) is 0 Å². The molecule has 9 nitrogen and oxygen atoms in total. The molecular formula is C32H39N3O6S. The van der Waals surface area contributed by atoms with Crippen LogP contribution >= 0.6 is 0 Å². The van der Waals surface area contributed by atoms with Gasteiger partial charge in [0.1, 0.15) is 12.6 Å². The zero-order valence-electron chi connectivity index (χ0n) is 24.4. The predicted molar refractivity (Wildman–Crippen MR) is 162 cm³/mol. The summed E-state index contributed by atoms with van der Waals surface area (Å²) in [5, 5.41) is 3.11. The van der Waals surface area contributed by atoms with Gasteiger partial charge in [-0.2, -0.15) is 0 Å². The van der Waals surface area contributed by atoms with E-state index in [1.165, 1.54) is 37.3 Å². The molecule has 0 aliphatic heterocycles. The van der Waals surface area contributed by atoms with Gasteiger partial charge in [0.15, 0.2) is 11.5 Å². The number of carbonyl (C=O) groups excluding carboxylic acids is 2. The van der Waals surface area contributed by atoms with Crippen LogP contribution in [0.3, 0.4) is 0 Å². The number of carbonyl (C=O) groups is 2. The summed E-state index contributed by atoms with van der Waals surface area (Å²) in [6, 6.07) is 21.2. The number of hydrogen-bond acceptors (Lipinski definition) is 6. The van der Waals surface area contributed by atoms with Crippen LogP contribution in [0.4, 0.5) is 5.69 Å². The Balaban J connectivity index is 1.69. The fraction of sp³-hybridized carbons (Fsp3) is 0.375. The number of ether oxygens (including phenoxy) is 2. The molecule has 1 atom stereocenters. The van der Waals surface area contributed by atoms with Gasteiger partial charge >= 0.3 is 0 Å². The molecule has 0 aromatic heterocycles. The van der Waals surface area contributed by atoms with Crippen molar-refractivity contribution < 1.29 is 27.5 Å². The van der Waals surface area contributed by atoms with Crippen molar-refractivity contribution in [1.82, 2.24) is 10.2 Å². The molecule has 3 aromatic carbocycles. The van der Waals surface area contributed by atoms with Gasteiger partial charge in [0, 0.05) is 18.7 Å². The van der Waals surface area contributed by atoms with Crippen molar-refractivity contribution in [3.8, 4) is 11.5 Å². The largest absolute Gasteiger partial charge is 0.493 e. The lowest BCUT2D eigenvalue weighted by Gasteiger charge is -2.33. The Kier molecular flexibility index (Phi) is 10.5. The third kappa shape index (κ3) is 7.42. The number of methoxy groups -OCH3 is 2. The van der Waals surface area contributed by atoms with Gasteiger partial charge in [-0.25, -0.2) is 8.42 Å². The van der Waals surface area contributed by atoms with Crippen molar-refractivity contribution in [2.45, 2.75) is 62.6 Å². The van der Waals surface area contributed by atoms with Gasteiger partial charge in [-0.05, 0) is 49.6 Å². The number of benzene rings is 3. The third-order valence-corrected chi connectivity index (χ3v) is 9.37. The van der Waals surface area contributed by atoms with E-state index in [1.54, 1.807) is 37.3 Å². The first-order chi connectivity index (χ1) is 20.2. The van der Waals surface area contributed by atoms with Crippen molar-refractivity contribution in [1.29, 1.82) is 0 Å². The van der Waals surface area contributed by atoms with E-state index in [2.05, 4.69) is 5.32 Å². The van der Waals surface area contributed by atoms with E-state index < -0.39 is 28.5 Å². The lowest BCUT2D eigenvalue weighted by molar-refractivity contribution is -0.139. The molecule has 1 saturated carbocycles. The third-order valence-electron chi connectivity index (χ3n) is 7.58. The Bertz CT molecular complexity index is 1440. The van der Waals surface area contributed by atoms with Crippen LogP contribution in [0.5, 0.6) is 11.5 Å². The van der Waals surface area contributed by atoms with Gasteiger partial charge in [0.25, 0.3) is 10.0 Å². The molecule has 0 spiro atoms. The molecule has 1 unspecified atom stereocenters. The summed E-state index contributed by atoms with van der Waals surface area (Å²) in [6.07, 6.45) is 5.09. The number of nitrogens with one attached hydrogen (secondary N) is 1. The molecule has 1 aliphatic rings. The van der Waals surface area contributed by atoms with Crippen LogP contribution in [0.1, 0.15) is 44.6 Å². The zero-order chi connectivity index (χ0) is 30.1. The van der Waals surface area contributed by atoms with E-state index >= 15 is 0 Å². The van der Waals surface area contributed by atoms with E-state index in [9.17, 15) is 18.0 Å². The molecule has 1 N–H and O–H groups in total. The highest BCUT2D eigenvalue weighted by atomic mass is 32.2. The van der Waals surface area contributed by atoms with Gasteiger partial charge in [0.05, 0.1) is 24.8 Å². The smallest absolute Gasteiger partial charge is 0.264 e. The van der Waals surface area contributed by atoms with Crippen LogP contribution in [-0.4, -0.2) is 58.0 Å². The maximum absolute atomic E-state index is 14.1. The Hall–Kier alpha value is -4.05. The van der Waals surface area contributed by atoms with E-state index in [4.69, 9.17) is 9.47 Å². The van der Waals surface area contributed by atoms with Gasteiger partial charge in [-0.15, -0.1) is 0 Å². The Morgan fingerprint density at radius 2 is 1.50 bits per heavy atom. The molecule has 10 heteroatoms. The average Bonchev–Trinajstić information content (AvgIpc) is 3.03. The first-order valence-corrected chi connectivity index (χ1v) is 15.6. The van der Waals surface area contributed by atoms with Crippen LogP contribution in [0.15, 0.2) is 83.8 Å². The van der Waals surface area contributed by atoms with Gasteiger partial charge < -0.3 is 19.7 Å². The van der Waals surface area contributed by atoms with Gasteiger partial charge in [0.2, 0.25) is 11.8 Å². The lowest BCUT2D eigenvalue weighted by Crippen LogP contribution is -2.53. The van der Waals surface area contributed by atoms with Crippen LogP contribution in [-0.2, 0) is 26.2 Å². The first kappa shape index (κ1) is 30.9. The van der Waals surface area contributed by atoms with E-state index in [-0.39, 0.29) is 29.1 Å². The normalized spacial score (nSPS) is 14.5. The fourth-order valence-corrected chi connectivity index (χ4v) is 6.59. The summed E-state index contributed by atoms with van der Waals surface area (Å²) < 4.78 is 39.8. The number of amides is 2. The number of nitrogens with zero attached hydrogens (tertiary/aromatic N) is 2. The topological polar surface area (TPSA) is 105 Å². The second-order valence-corrected chi connectivity index (χ2v) is 12.3.